The summed E-state index contributed by atoms with van der Waals surface area (Å²) in [5, 5.41) is 3.13. The summed E-state index contributed by atoms with van der Waals surface area (Å²) in [4.78, 5) is 11.9. The fraction of sp³-hybridized carbons (Fsp3) is 0.885. The first kappa shape index (κ1) is 27.2. The van der Waals surface area contributed by atoms with E-state index in [0.29, 0.717) is 6.42 Å². The molecule has 0 saturated heterocycles. The van der Waals surface area contributed by atoms with E-state index in [9.17, 15) is 4.79 Å². The molecule has 1 N–H and O–H groups in total. The Hall–Kier alpha value is -0.790. The lowest BCUT2D eigenvalue weighted by molar-refractivity contribution is -0.121. The monoisotopic (exact) mass is 393 g/mol. The van der Waals surface area contributed by atoms with Gasteiger partial charge < -0.3 is 5.32 Å². The summed E-state index contributed by atoms with van der Waals surface area (Å²) in [6, 6.07) is 0.261. The molecule has 0 aromatic rings. The first-order chi connectivity index (χ1) is 13.7. The molecule has 1 amide bonds. The van der Waals surface area contributed by atoms with E-state index in [-0.39, 0.29) is 11.9 Å². The Balaban J connectivity index is 3.36. The van der Waals surface area contributed by atoms with Crippen LogP contribution in [-0.4, -0.2) is 11.9 Å². The Kier molecular flexibility index (Phi) is 21.9. The molecule has 0 saturated carbocycles. The van der Waals surface area contributed by atoms with E-state index in [1.807, 2.05) is 0 Å². The Bertz CT molecular complexity index is 350. The van der Waals surface area contributed by atoms with Crippen LogP contribution in [0, 0.1) is 0 Å². The van der Waals surface area contributed by atoms with Crippen molar-refractivity contribution in [3.63, 3.8) is 0 Å². The largest absolute Gasteiger partial charge is 0.353 e. The van der Waals surface area contributed by atoms with Gasteiger partial charge in [-0.25, -0.2) is 0 Å². The highest BCUT2D eigenvalue weighted by atomic mass is 16.1. The molecule has 0 spiro atoms. The van der Waals surface area contributed by atoms with Crippen molar-refractivity contribution in [3.8, 4) is 0 Å². The van der Waals surface area contributed by atoms with E-state index in [1.54, 1.807) is 0 Å². The molecule has 166 valence electrons. The molecule has 0 aromatic carbocycles. The molecule has 0 rings (SSSR count). The second-order valence-electron chi connectivity index (χ2n) is 8.66. The van der Waals surface area contributed by atoms with Crippen molar-refractivity contribution in [2.45, 2.75) is 149 Å². The lowest BCUT2D eigenvalue weighted by Crippen LogP contribution is -2.31. The summed E-state index contributed by atoms with van der Waals surface area (Å²) < 4.78 is 0. The third-order valence-corrected chi connectivity index (χ3v) is 5.55. The maximum absolute atomic E-state index is 11.9. The maximum atomic E-state index is 11.9. The van der Waals surface area contributed by atoms with Crippen LogP contribution in [0.4, 0.5) is 0 Å². The number of rotatable bonds is 21. The zero-order chi connectivity index (χ0) is 20.7. The Morgan fingerprint density at radius 1 is 0.679 bits per heavy atom. The van der Waals surface area contributed by atoms with E-state index in [0.717, 1.165) is 12.8 Å². The number of carbonyl (C=O) groups excluding carboxylic acids is 1. The van der Waals surface area contributed by atoms with Crippen molar-refractivity contribution in [1.82, 2.24) is 5.32 Å². The third-order valence-electron chi connectivity index (χ3n) is 5.55. The van der Waals surface area contributed by atoms with Gasteiger partial charge >= 0.3 is 0 Å². The standard InChI is InChI=1S/C26H51NO/c1-4-6-8-10-11-12-13-14-15-16-17-18-20-21-23-25(3)27-26(28)24-22-19-9-7-5-2/h20-21,25H,4-19,22-24H2,1-3H3,(H,27,28)/b21-20+. The van der Waals surface area contributed by atoms with Crippen LogP contribution in [0.25, 0.3) is 0 Å². The van der Waals surface area contributed by atoms with E-state index >= 15 is 0 Å². The van der Waals surface area contributed by atoms with Crippen LogP contribution in [-0.2, 0) is 4.79 Å². The van der Waals surface area contributed by atoms with E-state index in [2.05, 4.69) is 38.2 Å². The van der Waals surface area contributed by atoms with Gasteiger partial charge in [0, 0.05) is 12.5 Å². The molecule has 0 radical (unpaired) electrons. The third kappa shape index (κ3) is 21.5. The minimum absolute atomic E-state index is 0.225. The number of unbranched alkanes of at least 4 members (excludes halogenated alkanes) is 15. The lowest BCUT2D eigenvalue weighted by Gasteiger charge is -2.11. The highest BCUT2D eigenvalue weighted by Gasteiger charge is 2.05. The fourth-order valence-corrected chi connectivity index (χ4v) is 3.64. The molecular formula is C26H51NO. The number of amides is 1. The predicted octanol–water partition coefficient (Wildman–Crippen LogP) is 8.50. The predicted molar refractivity (Wildman–Crippen MR) is 126 cm³/mol. The number of hydrogen-bond donors (Lipinski definition) is 1. The van der Waals surface area contributed by atoms with E-state index in [1.165, 1.54) is 103 Å². The van der Waals surface area contributed by atoms with Crippen molar-refractivity contribution in [2.24, 2.45) is 0 Å². The highest BCUT2D eigenvalue weighted by Crippen LogP contribution is 2.12. The lowest BCUT2D eigenvalue weighted by atomic mass is 10.1. The van der Waals surface area contributed by atoms with Crippen LogP contribution in [0.2, 0.25) is 0 Å². The highest BCUT2D eigenvalue weighted by molar-refractivity contribution is 5.76. The summed E-state index contributed by atoms with van der Waals surface area (Å²) in [7, 11) is 0. The Morgan fingerprint density at radius 3 is 1.68 bits per heavy atom. The van der Waals surface area contributed by atoms with Crippen molar-refractivity contribution in [3.05, 3.63) is 12.2 Å². The zero-order valence-corrected chi connectivity index (χ0v) is 19.6. The average Bonchev–Trinajstić information content (AvgIpc) is 2.68. The van der Waals surface area contributed by atoms with Gasteiger partial charge in [-0.1, -0.05) is 116 Å². The van der Waals surface area contributed by atoms with Gasteiger partial charge in [-0.3, -0.25) is 4.79 Å². The van der Waals surface area contributed by atoms with Crippen LogP contribution >= 0.6 is 0 Å². The van der Waals surface area contributed by atoms with Crippen LogP contribution in [0.3, 0.4) is 0 Å². The number of hydrogen-bond acceptors (Lipinski definition) is 1. The number of nitrogens with one attached hydrogen (secondary N) is 1. The summed E-state index contributed by atoms with van der Waals surface area (Å²) in [5.74, 6) is 0.225. The van der Waals surface area contributed by atoms with E-state index in [4.69, 9.17) is 0 Å². The van der Waals surface area contributed by atoms with Gasteiger partial charge in [-0.05, 0) is 32.6 Å². The Labute approximate surface area is 177 Å². The van der Waals surface area contributed by atoms with E-state index < -0.39 is 0 Å². The van der Waals surface area contributed by atoms with Gasteiger partial charge in [0.1, 0.15) is 0 Å². The minimum atomic E-state index is 0.225. The van der Waals surface area contributed by atoms with Crippen LogP contribution in [0.5, 0.6) is 0 Å². The van der Waals surface area contributed by atoms with Gasteiger partial charge in [-0.15, -0.1) is 0 Å². The quantitative estimate of drug-likeness (QED) is 0.154. The summed E-state index contributed by atoms with van der Waals surface area (Å²) in [6.07, 6.45) is 28.9. The van der Waals surface area contributed by atoms with Gasteiger partial charge in [0.25, 0.3) is 0 Å². The van der Waals surface area contributed by atoms with Crippen LogP contribution in [0.1, 0.15) is 143 Å². The number of carbonyl (C=O) groups is 1. The second-order valence-corrected chi connectivity index (χ2v) is 8.66. The smallest absolute Gasteiger partial charge is 0.220 e. The molecular weight excluding hydrogens is 342 g/mol. The fourth-order valence-electron chi connectivity index (χ4n) is 3.64. The molecule has 28 heavy (non-hydrogen) atoms. The SMILES string of the molecule is CCCCCCCCCCCCC/C=C/CC(C)NC(=O)CCCCCCC. The summed E-state index contributed by atoms with van der Waals surface area (Å²) >= 11 is 0. The molecule has 0 aromatic heterocycles. The topological polar surface area (TPSA) is 29.1 Å². The second kappa shape index (κ2) is 22.5. The molecule has 0 fully saturated rings. The van der Waals surface area contributed by atoms with Gasteiger partial charge in [0.15, 0.2) is 0 Å². The van der Waals surface area contributed by atoms with Gasteiger partial charge in [-0.2, -0.15) is 0 Å². The molecule has 2 heteroatoms. The Morgan fingerprint density at radius 2 is 1.14 bits per heavy atom. The molecule has 1 unspecified atom stereocenters. The maximum Gasteiger partial charge on any atom is 0.220 e. The van der Waals surface area contributed by atoms with Gasteiger partial charge in [0.2, 0.25) is 5.91 Å². The molecule has 1 atom stereocenters. The first-order valence-corrected chi connectivity index (χ1v) is 12.6. The first-order valence-electron chi connectivity index (χ1n) is 12.6. The average molecular weight is 394 g/mol. The number of allylic oxidation sites excluding steroid dienone is 1. The zero-order valence-electron chi connectivity index (χ0n) is 19.6. The molecule has 0 aliphatic heterocycles. The summed E-state index contributed by atoms with van der Waals surface area (Å²) in [5.41, 5.74) is 0. The molecule has 0 bridgehead atoms. The molecule has 0 aliphatic carbocycles. The van der Waals surface area contributed by atoms with Crippen LogP contribution < -0.4 is 5.32 Å². The van der Waals surface area contributed by atoms with Crippen molar-refractivity contribution >= 4 is 5.91 Å². The normalized spacial score (nSPS) is 12.5. The minimum Gasteiger partial charge on any atom is -0.353 e. The van der Waals surface area contributed by atoms with Crippen LogP contribution in [0.15, 0.2) is 12.2 Å². The molecule has 0 heterocycles. The van der Waals surface area contributed by atoms with Crippen molar-refractivity contribution < 1.29 is 4.79 Å². The van der Waals surface area contributed by atoms with Crippen molar-refractivity contribution in [1.29, 1.82) is 0 Å². The molecule has 0 aliphatic rings. The van der Waals surface area contributed by atoms with Gasteiger partial charge in [0.05, 0.1) is 0 Å². The van der Waals surface area contributed by atoms with Crippen molar-refractivity contribution in [2.75, 3.05) is 0 Å². The summed E-state index contributed by atoms with van der Waals surface area (Å²) in [6.45, 7) is 6.62. The molecule has 2 nitrogen and oxygen atoms in total.